The Labute approximate surface area is 151 Å². The van der Waals surface area contributed by atoms with Crippen LogP contribution in [0.15, 0.2) is 48.8 Å². The predicted molar refractivity (Wildman–Crippen MR) is 103 cm³/mol. The highest BCUT2D eigenvalue weighted by molar-refractivity contribution is 7.84. The van der Waals surface area contributed by atoms with Crippen molar-refractivity contribution in [2.45, 2.75) is 19.4 Å². The number of hydrogen-bond acceptors (Lipinski definition) is 4. The van der Waals surface area contributed by atoms with Gasteiger partial charge < -0.3 is 9.29 Å². The lowest BCUT2D eigenvalue weighted by Crippen LogP contribution is -2.10. The van der Waals surface area contributed by atoms with Crippen molar-refractivity contribution in [2.24, 2.45) is 0 Å². The molecule has 1 aliphatic rings. The lowest BCUT2D eigenvalue weighted by Gasteiger charge is -2.09. The number of aromatic nitrogens is 3. The monoisotopic (exact) mass is 352 g/mol. The number of nitrogens with one attached hydrogen (secondary N) is 1. The van der Waals surface area contributed by atoms with Crippen LogP contribution < -0.4 is 4.72 Å². The number of hydrogen-bond donors (Lipinski definition) is 2. The van der Waals surface area contributed by atoms with Gasteiger partial charge in [0.15, 0.2) is 0 Å². The molecule has 0 fully saturated rings. The molecule has 4 rings (SSSR count). The standard InChI is InChI=1S/C18H16N4S2/c23-18(21-24)14-5-3-12(4-6-14)16-17(13-7-9-19-10-8-13)22-11-1-2-15(22)20-16/h3-10,24H,1-2,11H2,(H,21,23). The third kappa shape index (κ3) is 2.61. The lowest BCUT2D eigenvalue weighted by molar-refractivity contribution is 0.756. The summed E-state index contributed by atoms with van der Waals surface area (Å²) < 4.78 is 5.04. The Morgan fingerprint density at radius 3 is 2.54 bits per heavy atom. The van der Waals surface area contributed by atoms with Crippen LogP contribution in [0.3, 0.4) is 0 Å². The molecular weight excluding hydrogens is 336 g/mol. The highest BCUT2D eigenvalue weighted by Gasteiger charge is 2.23. The molecular formula is C18H16N4S2. The summed E-state index contributed by atoms with van der Waals surface area (Å²) in [5, 5.41) is 0. The van der Waals surface area contributed by atoms with E-state index in [1.807, 2.05) is 36.7 Å². The molecule has 0 radical (unpaired) electrons. The number of thiocarbonyl (C=S) groups is 1. The van der Waals surface area contributed by atoms with Crippen LogP contribution in [-0.2, 0) is 13.0 Å². The van der Waals surface area contributed by atoms with E-state index in [-0.39, 0.29) is 0 Å². The maximum absolute atomic E-state index is 5.22. The predicted octanol–water partition coefficient (Wildman–Crippen LogP) is 3.67. The minimum Gasteiger partial charge on any atom is -0.327 e. The Morgan fingerprint density at radius 2 is 1.83 bits per heavy atom. The first-order valence-corrected chi connectivity index (χ1v) is 8.68. The van der Waals surface area contributed by atoms with Crippen LogP contribution in [0.1, 0.15) is 17.8 Å². The van der Waals surface area contributed by atoms with Crippen molar-refractivity contribution >= 4 is 30.0 Å². The molecule has 0 saturated heterocycles. The lowest BCUT2D eigenvalue weighted by atomic mass is 10.0. The van der Waals surface area contributed by atoms with Gasteiger partial charge in [0.25, 0.3) is 0 Å². The van der Waals surface area contributed by atoms with E-state index in [0.29, 0.717) is 4.99 Å². The first-order valence-electron chi connectivity index (χ1n) is 7.82. The Bertz CT molecular complexity index is 885. The van der Waals surface area contributed by atoms with Gasteiger partial charge in [0.2, 0.25) is 0 Å². The van der Waals surface area contributed by atoms with Crippen molar-refractivity contribution in [1.82, 2.24) is 19.3 Å². The van der Waals surface area contributed by atoms with Crippen molar-refractivity contribution in [3.8, 4) is 22.5 Å². The first-order chi connectivity index (χ1) is 11.8. The second-order valence-corrected chi connectivity index (χ2v) is 6.37. The molecule has 2 aromatic heterocycles. The summed E-state index contributed by atoms with van der Waals surface area (Å²) in [4.78, 5) is 9.66. The zero-order valence-corrected chi connectivity index (χ0v) is 14.6. The molecule has 6 heteroatoms. The summed E-state index contributed by atoms with van der Waals surface area (Å²) in [5.74, 6) is 1.16. The minimum absolute atomic E-state index is 0.617. The molecule has 3 heterocycles. The fourth-order valence-electron chi connectivity index (χ4n) is 3.17. The number of rotatable bonds is 3. The number of aryl methyl sites for hydroxylation is 1. The van der Waals surface area contributed by atoms with Crippen molar-refractivity contribution in [3.05, 3.63) is 60.2 Å². The summed E-state index contributed by atoms with van der Waals surface area (Å²) in [6, 6.07) is 12.2. The largest absolute Gasteiger partial charge is 0.327 e. The van der Waals surface area contributed by atoms with Gasteiger partial charge in [0.1, 0.15) is 10.8 Å². The van der Waals surface area contributed by atoms with Crippen LogP contribution in [0, 0.1) is 0 Å². The summed E-state index contributed by atoms with van der Waals surface area (Å²) in [6.07, 6.45) is 5.84. The van der Waals surface area contributed by atoms with Gasteiger partial charge in [-0.15, -0.1) is 0 Å². The van der Waals surface area contributed by atoms with E-state index in [9.17, 15) is 0 Å². The Kier molecular flexibility index (Phi) is 4.08. The molecule has 0 saturated carbocycles. The number of benzene rings is 1. The highest BCUT2D eigenvalue weighted by Crippen LogP contribution is 2.35. The molecule has 1 aromatic carbocycles. The number of nitrogens with zero attached hydrogens (tertiary/aromatic N) is 3. The molecule has 1 aliphatic heterocycles. The molecule has 0 spiro atoms. The van der Waals surface area contributed by atoms with Gasteiger partial charge in [-0.1, -0.05) is 49.3 Å². The van der Waals surface area contributed by atoms with E-state index < -0.39 is 0 Å². The summed E-state index contributed by atoms with van der Waals surface area (Å²) >= 11 is 9.23. The highest BCUT2D eigenvalue weighted by atomic mass is 32.1. The smallest absolute Gasteiger partial charge is 0.116 e. The SMILES string of the molecule is S=C(NS)c1ccc(-c2nc3n(c2-c2ccncc2)CCC3)cc1. The number of fused-ring (bicyclic) bond motifs is 1. The van der Waals surface area contributed by atoms with Crippen LogP contribution in [-0.4, -0.2) is 19.5 Å². The zero-order valence-electron chi connectivity index (χ0n) is 12.9. The van der Waals surface area contributed by atoms with Crippen LogP contribution >= 0.6 is 25.0 Å². The van der Waals surface area contributed by atoms with Crippen LogP contribution in [0.4, 0.5) is 0 Å². The molecule has 3 aromatic rings. The quantitative estimate of drug-likeness (QED) is 0.558. The Balaban J connectivity index is 1.83. The van der Waals surface area contributed by atoms with E-state index in [1.54, 1.807) is 0 Å². The fraction of sp³-hybridized carbons (Fsp3) is 0.167. The second kappa shape index (κ2) is 6.37. The van der Waals surface area contributed by atoms with Crippen LogP contribution in [0.5, 0.6) is 0 Å². The van der Waals surface area contributed by atoms with Crippen molar-refractivity contribution in [2.75, 3.05) is 0 Å². The van der Waals surface area contributed by atoms with Gasteiger partial charge in [0.05, 0.1) is 11.4 Å². The van der Waals surface area contributed by atoms with Crippen LogP contribution in [0.2, 0.25) is 0 Å². The van der Waals surface area contributed by atoms with Gasteiger partial charge in [-0.25, -0.2) is 4.98 Å². The van der Waals surface area contributed by atoms with Gasteiger partial charge in [-0.05, 0) is 18.6 Å². The van der Waals surface area contributed by atoms with Crippen molar-refractivity contribution in [3.63, 3.8) is 0 Å². The second-order valence-electron chi connectivity index (χ2n) is 5.73. The molecule has 0 amide bonds. The van der Waals surface area contributed by atoms with Crippen molar-refractivity contribution < 1.29 is 0 Å². The average Bonchev–Trinajstić information content (AvgIpc) is 3.23. The van der Waals surface area contributed by atoms with Gasteiger partial charge in [-0.2, -0.15) is 0 Å². The van der Waals surface area contributed by atoms with E-state index >= 15 is 0 Å². The van der Waals surface area contributed by atoms with Crippen LogP contribution in [0.25, 0.3) is 22.5 Å². The number of imidazole rings is 1. The first kappa shape index (κ1) is 15.4. The van der Waals surface area contributed by atoms with Crippen molar-refractivity contribution in [1.29, 1.82) is 0 Å². The van der Waals surface area contributed by atoms with E-state index in [2.05, 4.69) is 39.2 Å². The molecule has 0 atom stereocenters. The van der Waals surface area contributed by atoms with Gasteiger partial charge in [0, 0.05) is 42.0 Å². The van der Waals surface area contributed by atoms with E-state index in [1.165, 1.54) is 5.69 Å². The topological polar surface area (TPSA) is 42.7 Å². The Hall–Kier alpha value is -2.18. The molecule has 24 heavy (non-hydrogen) atoms. The van der Waals surface area contributed by atoms with E-state index in [0.717, 1.165) is 47.6 Å². The zero-order chi connectivity index (χ0) is 16.5. The Morgan fingerprint density at radius 1 is 1.08 bits per heavy atom. The third-order valence-electron chi connectivity index (χ3n) is 4.30. The molecule has 0 aliphatic carbocycles. The molecule has 4 nitrogen and oxygen atoms in total. The maximum Gasteiger partial charge on any atom is 0.116 e. The number of thiol groups is 1. The fourth-order valence-corrected chi connectivity index (χ4v) is 3.44. The molecule has 1 N–H and O–H groups in total. The van der Waals surface area contributed by atoms with Gasteiger partial charge >= 0.3 is 0 Å². The summed E-state index contributed by atoms with van der Waals surface area (Å²) in [6.45, 7) is 1.02. The molecule has 0 unspecified atom stereocenters. The van der Waals surface area contributed by atoms with Gasteiger partial charge in [-0.3, -0.25) is 4.98 Å². The molecule has 120 valence electrons. The normalized spacial score (nSPS) is 12.9. The number of pyridine rings is 1. The molecule has 0 bridgehead atoms. The van der Waals surface area contributed by atoms with E-state index in [4.69, 9.17) is 17.2 Å². The summed E-state index contributed by atoms with van der Waals surface area (Å²) in [7, 11) is 0. The minimum atomic E-state index is 0.617. The average molecular weight is 352 g/mol. The summed E-state index contributed by atoms with van der Waals surface area (Å²) in [5.41, 5.74) is 5.38. The third-order valence-corrected chi connectivity index (χ3v) is 5.02. The maximum atomic E-state index is 5.22.